The maximum atomic E-state index is 12.5. The fourth-order valence-electron chi connectivity index (χ4n) is 4.68. The quantitative estimate of drug-likeness (QED) is 0.756. The van der Waals surface area contributed by atoms with Gasteiger partial charge in [-0.05, 0) is 50.8 Å². The summed E-state index contributed by atoms with van der Waals surface area (Å²) in [7, 11) is 0. The molecule has 0 saturated carbocycles. The topological polar surface area (TPSA) is 64.3 Å². The molecule has 0 radical (unpaired) electrons. The minimum absolute atomic E-state index is 0.182. The number of aromatic nitrogens is 2. The van der Waals surface area contributed by atoms with Crippen molar-refractivity contribution < 1.29 is 4.79 Å². The first kappa shape index (κ1) is 20.1. The van der Waals surface area contributed by atoms with Gasteiger partial charge in [-0.2, -0.15) is 0 Å². The predicted molar refractivity (Wildman–Crippen MR) is 114 cm³/mol. The fourth-order valence-corrected chi connectivity index (χ4v) is 4.68. The molecule has 0 atom stereocenters. The molecule has 0 spiro atoms. The Hall–Kier alpha value is -2.18. The molecular weight excluding hydrogens is 362 g/mol. The number of piperidine rings is 2. The van der Waals surface area contributed by atoms with Crippen LogP contribution >= 0.6 is 0 Å². The molecule has 6 heteroatoms. The van der Waals surface area contributed by atoms with Crippen molar-refractivity contribution in [1.29, 1.82) is 0 Å². The van der Waals surface area contributed by atoms with Crippen molar-refractivity contribution in [3.63, 3.8) is 0 Å². The van der Waals surface area contributed by atoms with Crippen molar-refractivity contribution in [2.45, 2.75) is 44.7 Å². The molecule has 29 heavy (non-hydrogen) atoms. The molecule has 3 heterocycles. The first-order chi connectivity index (χ1) is 14.3. The molecule has 2 saturated heterocycles. The summed E-state index contributed by atoms with van der Waals surface area (Å²) in [4.78, 5) is 25.2. The Balaban J connectivity index is 1.13. The highest BCUT2D eigenvalue weighted by atomic mass is 16.1. The van der Waals surface area contributed by atoms with Crippen LogP contribution in [0, 0.1) is 5.92 Å². The van der Waals surface area contributed by atoms with Gasteiger partial charge in [-0.25, -0.2) is 4.98 Å². The van der Waals surface area contributed by atoms with E-state index in [9.17, 15) is 4.79 Å². The molecule has 1 aromatic heterocycles. The predicted octanol–water partition coefficient (Wildman–Crippen LogP) is 2.44. The number of carbonyl (C=O) groups excluding carboxylic acids is 1. The maximum Gasteiger partial charge on any atom is 0.223 e. The van der Waals surface area contributed by atoms with Crippen molar-refractivity contribution in [3.05, 3.63) is 54.1 Å². The highest BCUT2D eigenvalue weighted by Gasteiger charge is 2.30. The molecule has 2 aliphatic rings. The molecule has 1 amide bonds. The van der Waals surface area contributed by atoms with E-state index < -0.39 is 0 Å². The minimum Gasteiger partial charge on any atom is -0.356 e. The van der Waals surface area contributed by atoms with E-state index in [0.29, 0.717) is 6.04 Å². The van der Waals surface area contributed by atoms with Crippen LogP contribution in [0.3, 0.4) is 0 Å². The van der Waals surface area contributed by atoms with Crippen molar-refractivity contribution in [3.8, 4) is 0 Å². The van der Waals surface area contributed by atoms with Crippen LogP contribution in [0.25, 0.3) is 0 Å². The summed E-state index contributed by atoms with van der Waals surface area (Å²) in [5, 5.41) is 3.15. The van der Waals surface area contributed by atoms with E-state index in [1.807, 2.05) is 30.6 Å². The van der Waals surface area contributed by atoms with Gasteiger partial charge in [-0.15, -0.1) is 0 Å². The fraction of sp³-hybridized carbons (Fsp3) is 0.565. The van der Waals surface area contributed by atoms with E-state index in [1.165, 1.54) is 18.4 Å². The second-order valence-electron chi connectivity index (χ2n) is 8.38. The highest BCUT2D eigenvalue weighted by molar-refractivity contribution is 5.78. The summed E-state index contributed by atoms with van der Waals surface area (Å²) < 4.78 is 0. The zero-order valence-electron chi connectivity index (χ0n) is 17.2. The third-order valence-electron chi connectivity index (χ3n) is 6.46. The number of amides is 1. The van der Waals surface area contributed by atoms with Crippen LogP contribution in [0.1, 0.15) is 37.1 Å². The number of likely N-dealkylation sites (tertiary alicyclic amines) is 2. The van der Waals surface area contributed by atoms with Crippen LogP contribution in [0.5, 0.6) is 0 Å². The first-order valence-corrected chi connectivity index (χ1v) is 11.0. The number of H-pyrrole nitrogens is 1. The summed E-state index contributed by atoms with van der Waals surface area (Å²) in [6.45, 7) is 6.03. The van der Waals surface area contributed by atoms with Gasteiger partial charge < -0.3 is 15.2 Å². The van der Waals surface area contributed by atoms with Crippen LogP contribution in [0.4, 0.5) is 0 Å². The molecule has 6 nitrogen and oxygen atoms in total. The molecule has 156 valence electrons. The van der Waals surface area contributed by atoms with Crippen molar-refractivity contribution >= 4 is 5.91 Å². The second-order valence-corrected chi connectivity index (χ2v) is 8.38. The van der Waals surface area contributed by atoms with Gasteiger partial charge in [0.15, 0.2) is 0 Å². The van der Waals surface area contributed by atoms with Crippen LogP contribution < -0.4 is 5.32 Å². The van der Waals surface area contributed by atoms with Gasteiger partial charge >= 0.3 is 0 Å². The average Bonchev–Trinajstić information content (AvgIpc) is 3.28. The Kier molecular flexibility index (Phi) is 6.96. The lowest BCUT2D eigenvalue weighted by Gasteiger charge is -2.41. The van der Waals surface area contributed by atoms with Crippen LogP contribution in [-0.4, -0.2) is 64.4 Å². The smallest absolute Gasteiger partial charge is 0.223 e. The number of carbonyl (C=O) groups is 1. The molecule has 2 fully saturated rings. The SMILES string of the molecule is O=C(NCCc1ccccc1)C1CCN(C2CCN(Cc3ncc[nH]3)CC2)CC1. The zero-order valence-corrected chi connectivity index (χ0v) is 17.2. The summed E-state index contributed by atoms with van der Waals surface area (Å²) in [6.07, 6.45) is 9.03. The molecule has 2 aromatic rings. The first-order valence-electron chi connectivity index (χ1n) is 11.0. The monoisotopic (exact) mass is 395 g/mol. The van der Waals surface area contributed by atoms with Crippen LogP contribution in [0.15, 0.2) is 42.7 Å². The number of hydrogen-bond donors (Lipinski definition) is 2. The number of hydrogen-bond acceptors (Lipinski definition) is 4. The number of rotatable bonds is 7. The minimum atomic E-state index is 0.182. The van der Waals surface area contributed by atoms with Crippen LogP contribution in [-0.2, 0) is 17.8 Å². The van der Waals surface area contributed by atoms with E-state index >= 15 is 0 Å². The molecule has 0 bridgehead atoms. The van der Waals surface area contributed by atoms with Gasteiger partial charge in [0, 0.05) is 44.0 Å². The Labute approximate surface area is 173 Å². The number of benzene rings is 1. The highest BCUT2D eigenvalue weighted by Crippen LogP contribution is 2.24. The second kappa shape index (κ2) is 10.0. The van der Waals surface area contributed by atoms with Crippen molar-refractivity contribution in [2.24, 2.45) is 5.92 Å². The Morgan fingerprint density at radius 1 is 1.07 bits per heavy atom. The molecule has 2 aliphatic heterocycles. The lowest BCUT2D eigenvalue weighted by Crippen LogP contribution is -2.49. The van der Waals surface area contributed by atoms with Gasteiger partial charge in [0.25, 0.3) is 0 Å². The van der Waals surface area contributed by atoms with Crippen molar-refractivity contribution in [2.75, 3.05) is 32.7 Å². The molecule has 4 rings (SSSR count). The number of imidazole rings is 1. The van der Waals surface area contributed by atoms with E-state index in [4.69, 9.17) is 0 Å². The van der Waals surface area contributed by atoms with E-state index in [-0.39, 0.29) is 11.8 Å². The van der Waals surface area contributed by atoms with Gasteiger partial charge in [-0.1, -0.05) is 30.3 Å². The van der Waals surface area contributed by atoms with E-state index in [2.05, 4.69) is 37.2 Å². The summed E-state index contributed by atoms with van der Waals surface area (Å²) in [5.74, 6) is 1.48. The van der Waals surface area contributed by atoms with E-state index in [1.54, 1.807) is 0 Å². The molecule has 1 aromatic carbocycles. The summed E-state index contributed by atoms with van der Waals surface area (Å²) >= 11 is 0. The third-order valence-corrected chi connectivity index (χ3v) is 6.46. The number of nitrogens with zero attached hydrogens (tertiary/aromatic N) is 3. The largest absolute Gasteiger partial charge is 0.356 e. The van der Waals surface area contributed by atoms with Gasteiger partial charge in [0.05, 0.1) is 6.54 Å². The van der Waals surface area contributed by atoms with Crippen molar-refractivity contribution in [1.82, 2.24) is 25.1 Å². The van der Waals surface area contributed by atoms with E-state index in [0.717, 1.165) is 64.4 Å². The number of nitrogens with one attached hydrogen (secondary N) is 2. The van der Waals surface area contributed by atoms with Gasteiger partial charge in [0.2, 0.25) is 5.91 Å². The normalized spacial score (nSPS) is 20.0. The summed E-state index contributed by atoms with van der Waals surface area (Å²) in [5.41, 5.74) is 1.28. The lowest BCUT2D eigenvalue weighted by atomic mass is 9.92. The van der Waals surface area contributed by atoms with Gasteiger partial charge in [0.1, 0.15) is 5.82 Å². The molecule has 0 unspecified atom stereocenters. The average molecular weight is 396 g/mol. The van der Waals surface area contributed by atoms with Gasteiger partial charge in [-0.3, -0.25) is 9.69 Å². The summed E-state index contributed by atoms with van der Waals surface area (Å²) in [6, 6.07) is 11.0. The standard InChI is InChI=1S/C23H33N5O/c29-23(26-11-6-19-4-2-1-3-5-19)20-7-16-28(17-8-20)21-9-14-27(15-10-21)18-22-24-12-13-25-22/h1-5,12-13,20-21H,6-11,14-18H2,(H,24,25)(H,26,29). The molecule has 0 aliphatic carbocycles. The number of aromatic amines is 1. The molecule has 2 N–H and O–H groups in total. The zero-order chi connectivity index (χ0) is 19.9. The lowest BCUT2D eigenvalue weighted by molar-refractivity contribution is -0.126. The maximum absolute atomic E-state index is 12.5. The third kappa shape index (κ3) is 5.67. The Morgan fingerprint density at radius 3 is 2.52 bits per heavy atom. The Bertz CT molecular complexity index is 732. The molecular formula is C23H33N5O. The Morgan fingerprint density at radius 2 is 1.83 bits per heavy atom. The van der Waals surface area contributed by atoms with Crippen LogP contribution in [0.2, 0.25) is 0 Å².